The monoisotopic (exact) mass is 396 g/mol. The molecule has 5 nitrogen and oxygen atoms in total. The van der Waals surface area contributed by atoms with Crippen molar-refractivity contribution < 1.29 is 12.8 Å². The van der Waals surface area contributed by atoms with E-state index < -0.39 is 10.0 Å². The van der Waals surface area contributed by atoms with E-state index in [2.05, 4.69) is 29.7 Å². The average molecular weight is 397 g/mol. The van der Waals surface area contributed by atoms with E-state index in [1.165, 1.54) is 16.5 Å². The van der Waals surface area contributed by atoms with E-state index in [1.54, 1.807) is 6.08 Å². The van der Waals surface area contributed by atoms with Gasteiger partial charge in [0, 0.05) is 29.4 Å². The number of nitrogens with one attached hydrogen (secondary N) is 1. The number of hydrogen-bond acceptors (Lipinski definition) is 4. The van der Waals surface area contributed by atoms with Crippen LogP contribution in [0.15, 0.2) is 52.3 Å². The van der Waals surface area contributed by atoms with Crippen LogP contribution >= 0.6 is 0 Å². The van der Waals surface area contributed by atoms with E-state index in [0.29, 0.717) is 5.76 Å². The SMILES string of the molecule is Cc1ccc2oc(CNS(=O)(=O)/C=C/c3ccccc3)c3c2c1CCN(C)C3. The Morgan fingerprint density at radius 1 is 1.14 bits per heavy atom. The summed E-state index contributed by atoms with van der Waals surface area (Å²) < 4.78 is 33.5. The quantitative estimate of drug-likeness (QED) is 0.712. The second-order valence-corrected chi connectivity index (χ2v) is 8.96. The lowest BCUT2D eigenvalue weighted by Crippen LogP contribution is -2.22. The molecular weight excluding hydrogens is 372 g/mol. The Bertz CT molecular complexity index is 1130. The molecule has 28 heavy (non-hydrogen) atoms. The van der Waals surface area contributed by atoms with Gasteiger partial charge in [-0.05, 0) is 49.2 Å². The van der Waals surface area contributed by atoms with Crippen molar-refractivity contribution >= 4 is 27.1 Å². The van der Waals surface area contributed by atoms with Crippen LogP contribution in [0.2, 0.25) is 0 Å². The summed E-state index contributed by atoms with van der Waals surface area (Å²) in [6.07, 6.45) is 2.56. The zero-order valence-electron chi connectivity index (χ0n) is 16.1. The Hall–Kier alpha value is -2.41. The van der Waals surface area contributed by atoms with Crippen LogP contribution in [0.1, 0.15) is 28.0 Å². The smallest absolute Gasteiger partial charge is 0.234 e. The fraction of sp³-hybridized carbons (Fsp3) is 0.273. The van der Waals surface area contributed by atoms with E-state index in [9.17, 15) is 8.42 Å². The normalized spacial score (nSPS) is 15.4. The Morgan fingerprint density at radius 2 is 1.93 bits per heavy atom. The highest BCUT2D eigenvalue weighted by molar-refractivity contribution is 7.92. The highest BCUT2D eigenvalue weighted by Gasteiger charge is 2.23. The molecule has 3 aromatic rings. The highest BCUT2D eigenvalue weighted by atomic mass is 32.2. The van der Waals surface area contributed by atoms with Gasteiger partial charge in [-0.15, -0.1) is 0 Å². The number of aryl methyl sites for hydroxylation is 1. The number of likely N-dealkylation sites (N-methyl/N-ethyl adjacent to an activating group) is 1. The number of nitrogens with zero attached hydrogens (tertiary/aromatic N) is 1. The van der Waals surface area contributed by atoms with Crippen LogP contribution in [0.3, 0.4) is 0 Å². The van der Waals surface area contributed by atoms with E-state index in [4.69, 9.17) is 4.42 Å². The van der Waals surface area contributed by atoms with Gasteiger partial charge in [0.15, 0.2) is 0 Å². The molecule has 0 saturated carbocycles. The van der Waals surface area contributed by atoms with Gasteiger partial charge in [-0.25, -0.2) is 13.1 Å². The lowest BCUT2D eigenvalue weighted by Gasteiger charge is -2.13. The molecule has 0 spiro atoms. The zero-order valence-corrected chi connectivity index (χ0v) is 16.9. The van der Waals surface area contributed by atoms with Crippen molar-refractivity contribution in [1.82, 2.24) is 9.62 Å². The Balaban J connectivity index is 1.61. The Labute approximate surface area is 165 Å². The van der Waals surface area contributed by atoms with Crippen molar-refractivity contribution in [1.29, 1.82) is 0 Å². The van der Waals surface area contributed by atoms with Gasteiger partial charge in [0.1, 0.15) is 11.3 Å². The van der Waals surface area contributed by atoms with Crippen LogP contribution in [0.4, 0.5) is 0 Å². The molecule has 0 bridgehead atoms. The van der Waals surface area contributed by atoms with E-state index in [-0.39, 0.29) is 6.54 Å². The van der Waals surface area contributed by atoms with Crippen molar-refractivity contribution in [2.75, 3.05) is 13.6 Å². The number of hydrogen-bond donors (Lipinski definition) is 1. The molecule has 0 saturated heterocycles. The minimum Gasteiger partial charge on any atom is -0.459 e. The van der Waals surface area contributed by atoms with Crippen LogP contribution in [0.5, 0.6) is 0 Å². The van der Waals surface area contributed by atoms with Crippen LogP contribution < -0.4 is 4.72 Å². The summed E-state index contributed by atoms with van der Waals surface area (Å²) in [5.41, 5.74) is 5.31. The van der Waals surface area contributed by atoms with Crippen LogP contribution in [-0.4, -0.2) is 26.9 Å². The predicted molar refractivity (Wildman–Crippen MR) is 112 cm³/mol. The molecule has 1 aliphatic rings. The number of furan rings is 1. The first-order chi connectivity index (χ1) is 13.4. The Morgan fingerprint density at radius 3 is 2.71 bits per heavy atom. The van der Waals surface area contributed by atoms with Crippen LogP contribution in [0, 0.1) is 6.92 Å². The standard InChI is InChI=1S/C22H24N2O3S/c1-16-8-9-20-22-18(16)10-12-24(2)15-19(22)21(27-20)14-23-28(25,26)13-11-17-6-4-3-5-7-17/h3-9,11,13,23H,10,12,14-15H2,1-2H3/b13-11+. The first-order valence-electron chi connectivity index (χ1n) is 9.37. The molecule has 4 rings (SSSR count). The lowest BCUT2D eigenvalue weighted by atomic mass is 9.99. The van der Waals surface area contributed by atoms with Gasteiger partial charge < -0.3 is 9.32 Å². The third-order valence-electron chi connectivity index (χ3n) is 5.23. The average Bonchev–Trinajstić information content (AvgIpc) is 2.92. The third kappa shape index (κ3) is 3.90. The fourth-order valence-electron chi connectivity index (χ4n) is 3.71. The van der Waals surface area contributed by atoms with Crippen molar-refractivity contribution in [3.63, 3.8) is 0 Å². The van der Waals surface area contributed by atoms with Crippen molar-refractivity contribution in [3.05, 3.63) is 75.9 Å². The van der Waals surface area contributed by atoms with Crippen molar-refractivity contribution in [3.8, 4) is 0 Å². The predicted octanol–water partition coefficient (Wildman–Crippen LogP) is 3.82. The van der Waals surface area contributed by atoms with Gasteiger partial charge in [0.05, 0.1) is 6.54 Å². The lowest BCUT2D eigenvalue weighted by molar-refractivity contribution is 0.332. The summed E-state index contributed by atoms with van der Waals surface area (Å²) >= 11 is 0. The number of rotatable bonds is 5. The molecule has 0 radical (unpaired) electrons. The maximum absolute atomic E-state index is 12.4. The molecule has 0 amide bonds. The molecular formula is C22H24N2O3S. The minimum absolute atomic E-state index is 0.137. The maximum Gasteiger partial charge on any atom is 0.234 e. The summed E-state index contributed by atoms with van der Waals surface area (Å²) in [5.74, 6) is 0.687. The molecule has 2 aromatic carbocycles. The van der Waals surface area contributed by atoms with Gasteiger partial charge >= 0.3 is 0 Å². The molecule has 1 N–H and O–H groups in total. The molecule has 2 heterocycles. The second kappa shape index (κ2) is 7.54. The summed E-state index contributed by atoms with van der Waals surface area (Å²) in [6.45, 7) is 3.98. The van der Waals surface area contributed by atoms with Crippen molar-refractivity contribution in [2.24, 2.45) is 0 Å². The number of sulfonamides is 1. The molecule has 6 heteroatoms. The molecule has 0 unspecified atom stereocenters. The third-order valence-corrected chi connectivity index (χ3v) is 6.27. The molecule has 146 valence electrons. The summed E-state index contributed by atoms with van der Waals surface area (Å²) in [5, 5.41) is 2.35. The van der Waals surface area contributed by atoms with Gasteiger partial charge in [-0.1, -0.05) is 36.4 Å². The molecule has 0 fully saturated rings. The van der Waals surface area contributed by atoms with Gasteiger partial charge in [0.25, 0.3) is 0 Å². The van der Waals surface area contributed by atoms with Gasteiger partial charge in [0.2, 0.25) is 10.0 Å². The van der Waals surface area contributed by atoms with Gasteiger partial charge in [-0.3, -0.25) is 0 Å². The first kappa shape index (κ1) is 18.9. The summed E-state index contributed by atoms with van der Waals surface area (Å²) in [7, 11) is -1.49. The van der Waals surface area contributed by atoms with Crippen molar-refractivity contribution in [2.45, 2.75) is 26.4 Å². The van der Waals surface area contributed by atoms with E-state index in [0.717, 1.165) is 41.6 Å². The zero-order chi connectivity index (χ0) is 19.7. The minimum atomic E-state index is -3.57. The first-order valence-corrected chi connectivity index (χ1v) is 10.9. The summed E-state index contributed by atoms with van der Waals surface area (Å²) in [6, 6.07) is 13.4. The van der Waals surface area contributed by atoms with Crippen LogP contribution in [-0.2, 0) is 29.5 Å². The van der Waals surface area contributed by atoms with Gasteiger partial charge in [-0.2, -0.15) is 0 Å². The maximum atomic E-state index is 12.4. The van der Waals surface area contributed by atoms with E-state index >= 15 is 0 Å². The molecule has 1 aliphatic heterocycles. The molecule has 1 aromatic heterocycles. The largest absolute Gasteiger partial charge is 0.459 e. The van der Waals surface area contributed by atoms with E-state index in [1.807, 2.05) is 36.4 Å². The fourth-order valence-corrected chi connectivity index (χ4v) is 4.48. The second-order valence-electron chi connectivity index (χ2n) is 7.31. The Kier molecular flexibility index (Phi) is 5.10. The van der Waals surface area contributed by atoms with Crippen LogP contribution in [0.25, 0.3) is 17.0 Å². The molecule has 0 atom stereocenters. The summed E-state index contributed by atoms with van der Waals surface area (Å²) in [4.78, 5) is 2.25. The molecule has 0 aliphatic carbocycles. The highest BCUT2D eigenvalue weighted by Crippen LogP contribution is 2.34. The number of benzene rings is 2. The topological polar surface area (TPSA) is 62.6 Å².